The molecule has 0 bridgehead atoms. The summed E-state index contributed by atoms with van der Waals surface area (Å²) in [4.78, 5) is 12.5. The number of rotatable bonds is 1. The van der Waals surface area contributed by atoms with Gasteiger partial charge in [-0.3, -0.25) is 4.84 Å². The van der Waals surface area contributed by atoms with Crippen LogP contribution in [-0.4, -0.2) is 30.6 Å². The maximum absolute atomic E-state index is 5.31. The van der Waals surface area contributed by atoms with Gasteiger partial charge in [0.25, 0.3) is 0 Å². The maximum Gasteiger partial charge on any atom is 0.218 e. The van der Waals surface area contributed by atoms with Crippen molar-refractivity contribution in [1.29, 1.82) is 0 Å². The van der Waals surface area contributed by atoms with Gasteiger partial charge in [-0.05, 0) is 6.92 Å². The van der Waals surface area contributed by atoms with Gasteiger partial charge in [-0.1, -0.05) is 0 Å². The summed E-state index contributed by atoms with van der Waals surface area (Å²) in [6.45, 7) is 1.86. The third-order valence-corrected chi connectivity index (χ3v) is 1.20. The molecule has 1 heterocycles. The fourth-order valence-corrected chi connectivity index (χ4v) is 0.694. The van der Waals surface area contributed by atoms with Gasteiger partial charge in [0.2, 0.25) is 5.96 Å². The van der Waals surface area contributed by atoms with Crippen molar-refractivity contribution >= 4 is 12.3 Å². The van der Waals surface area contributed by atoms with Crippen LogP contribution in [0.1, 0.15) is 6.92 Å². The number of nitrogens with zero attached hydrogens (tertiary/aromatic N) is 3. The molecule has 0 radical (unpaired) electrons. The molecule has 0 aliphatic carbocycles. The minimum atomic E-state index is -0.0810. The second-order valence-corrected chi connectivity index (χ2v) is 1.91. The predicted molar refractivity (Wildman–Crippen MR) is 38.4 cm³/mol. The number of aliphatic imine (C=N–C) groups is 2. The Morgan fingerprint density at radius 2 is 2.50 bits per heavy atom. The van der Waals surface area contributed by atoms with E-state index in [4.69, 9.17) is 10.6 Å². The summed E-state index contributed by atoms with van der Waals surface area (Å²) in [5.41, 5.74) is 5.31. The molecular weight excluding hydrogens is 132 g/mol. The molecule has 0 aromatic carbocycles. The van der Waals surface area contributed by atoms with Gasteiger partial charge in [0.05, 0.1) is 7.11 Å². The smallest absolute Gasteiger partial charge is 0.218 e. The van der Waals surface area contributed by atoms with Crippen molar-refractivity contribution in [3.8, 4) is 0 Å². The number of hydrogen-bond donors (Lipinski definition) is 1. The molecule has 5 nitrogen and oxygen atoms in total. The molecule has 1 unspecified atom stereocenters. The van der Waals surface area contributed by atoms with Crippen LogP contribution in [0.3, 0.4) is 0 Å². The van der Waals surface area contributed by atoms with Gasteiger partial charge in [-0.25, -0.2) is 15.0 Å². The number of nitrogens with two attached hydrogens (primary N) is 1. The van der Waals surface area contributed by atoms with E-state index in [1.807, 2.05) is 6.92 Å². The van der Waals surface area contributed by atoms with Crippen molar-refractivity contribution < 1.29 is 4.84 Å². The highest BCUT2D eigenvalue weighted by molar-refractivity contribution is 5.87. The lowest BCUT2D eigenvalue weighted by Crippen LogP contribution is -2.35. The van der Waals surface area contributed by atoms with Gasteiger partial charge >= 0.3 is 0 Å². The summed E-state index contributed by atoms with van der Waals surface area (Å²) in [7, 11) is 1.56. The van der Waals surface area contributed by atoms with Crippen molar-refractivity contribution in [2.24, 2.45) is 15.7 Å². The molecular formula is C5H10N4O. The molecule has 1 aliphatic rings. The largest absolute Gasteiger partial charge is 0.368 e. The predicted octanol–water partition coefficient (Wildman–Crippen LogP) is -0.448. The van der Waals surface area contributed by atoms with E-state index in [-0.39, 0.29) is 6.17 Å². The van der Waals surface area contributed by atoms with E-state index in [9.17, 15) is 0 Å². The molecule has 1 rings (SSSR count). The Balaban J connectivity index is 2.64. The molecule has 0 saturated carbocycles. The van der Waals surface area contributed by atoms with Crippen molar-refractivity contribution in [2.45, 2.75) is 13.1 Å². The standard InChI is InChI=1S/C5H10N4O/c1-4-8-5(6)7-3-9(4)10-2/h3-4H,1-2H3,(H2,6,8). The Labute approximate surface area is 59.2 Å². The van der Waals surface area contributed by atoms with Crippen LogP contribution in [0, 0.1) is 0 Å². The Morgan fingerprint density at radius 3 is 3.00 bits per heavy atom. The molecule has 5 heteroatoms. The summed E-state index contributed by atoms with van der Waals surface area (Å²) in [6, 6.07) is 0. The van der Waals surface area contributed by atoms with Gasteiger partial charge in [-0.2, -0.15) is 0 Å². The number of hydroxylamine groups is 2. The summed E-state index contributed by atoms with van der Waals surface area (Å²) in [6.07, 6.45) is 1.43. The van der Waals surface area contributed by atoms with Crippen LogP contribution in [0.5, 0.6) is 0 Å². The highest BCUT2D eigenvalue weighted by atomic mass is 16.7. The van der Waals surface area contributed by atoms with Crippen LogP contribution < -0.4 is 5.73 Å². The molecule has 2 N–H and O–H groups in total. The lowest BCUT2D eigenvalue weighted by molar-refractivity contribution is -0.0859. The zero-order valence-corrected chi connectivity index (χ0v) is 5.98. The van der Waals surface area contributed by atoms with E-state index in [1.165, 1.54) is 11.4 Å². The molecule has 1 atom stereocenters. The Kier molecular flexibility index (Phi) is 1.86. The van der Waals surface area contributed by atoms with Crippen LogP contribution in [0.15, 0.2) is 9.98 Å². The number of guanidine groups is 1. The molecule has 56 valence electrons. The first kappa shape index (κ1) is 7.01. The fourth-order valence-electron chi connectivity index (χ4n) is 0.694. The Hall–Kier alpha value is -1.10. The highest BCUT2D eigenvalue weighted by Crippen LogP contribution is 2.01. The van der Waals surface area contributed by atoms with Crippen molar-refractivity contribution in [1.82, 2.24) is 5.06 Å². The van der Waals surface area contributed by atoms with E-state index in [1.54, 1.807) is 7.11 Å². The minimum absolute atomic E-state index is 0.0810. The van der Waals surface area contributed by atoms with E-state index in [2.05, 4.69) is 9.98 Å². The van der Waals surface area contributed by atoms with Crippen molar-refractivity contribution in [3.05, 3.63) is 0 Å². The zero-order chi connectivity index (χ0) is 7.56. The van der Waals surface area contributed by atoms with Crippen LogP contribution in [0.4, 0.5) is 0 Å². The van der Waals surface area contributed by atoms with Crippen LogP contribution in [0.25, 0.3) is 0 Å². The lowest BCUT2D eigenvalue weighted by Gasteiger charge is -2.23. The molecule has 0 aromatic heterocycles. The highest BCUT2D eigenvalue weighted by Gasteiger charge is 2.12. The van der Waals surface area contributed by atoms with Crippen LogP contribution >= 0.6 is 0 Å². The molecule has 1 aliphatic heterocycles. The van der Waals surface area contributed by atoms with E-state index in [0.29, 0.717) is 5.96 Å². The first-order valence-electron chi connectivity index (χ1n) is 2.94. The average Bonchev–Trinajstić information content (AvgIpc) is 1.88. The van der Waals surface area contributed by atoms with Crippen LogP contribution in [-0.2, 0) is 4.84 Å². The molecule has 0 spiro atoms. The summed E-state index contributed by atoms with van der Waals surface area (Å²) < 4.78 is 0. The third-order valence-electron chi connectivity index (χ3n) is 1.20. The van der Waals surface area contributed by atoms with E-state index < -0.39 is 0 Å². The summed E-state index contributed by atoms with van der Waals surface area (Å²) >= 11 is 0. The van der Waals surface area contributed by atoms with E-state index in [0.717, 1.165) is 0 Å². The minimum Gasteiger partial charge on any atom is -0.368 e. The monoisotopic (exact) mass is 142 g/mol. The first-order valence-corrected chi connectivity index (χ1v) is 2.94. The molecule has 10 heavy (non-hydrogen) atoms. The number of hydrogen-bond acceptors (Lipinski definition) is 5. The van der Waals surface area contributed by atoms with Gasteiger partial charge < -0.3 is 5.73 Å². The lowest BCUT2D eigenvalue weighted by atomic mass is 10.5. The summed E-state index contributed by atoms with van der Waals surface area (Å²) in [5, 5.41) is 1.51. The third kappa shape index (κ3) is 1.24. The van der Waals surface area contributed by atoms with Gasteiger partial charge in [0.1, 0.15) is 12.5 Å². The van der Waals surface area contributed by atoms with Crippen LogP contribution in [0.2, 0.25) is 0 Å². The second kappa shape index (κ2) is 2.66. The van der Waals surface area contributed by atoms with Gasteiger partial charge in [-0.15, -0.1) is 0 Å². The topological polar surface area (TPSA) is 63.2 Å². The second-order valence-electron chi connectivity index (χ2n) is 1.91. The van der Waals surface area contributed by atoms with E-state index >= 15 is 0 Å². The Morgan fingerprint density at radius 1 is 1.80 bits per heavy atom. The van der Waals surface area contributed by atoms with Crippen molar-refractivity contribution in [3.63, 3.8) is 0 Å². The normalized spacial score (nSPS) is 24.8. The molecule has 0 fully saturated rings. The van der Waals surface area contributed by atoms with Crippen molar-refractivity contribution in [2.75, 3.05) is 7.11 Å². The zero-order valence-electron chi connectivity index (χ0n) is 5.98. The SMILES string of the molecule is CON1C=NC(N)=NC1C. The molecule has 0 aromatic rings. The maximum atomic E-state index is 5.31. The quantitative estimate of drug-likeness (QED) is 0.539. The average molecular weight is 142 g/mol. The Bertz CT molecular complexity index is 176. The summed E-state index contributed by atoms with van der Waals surface area (Å²) in [5.74, 6) is 0.292. The fraction of sp³-hybridized carbons (Fsp3) is 0.600. The van der Waals surface area contributed by atoms with Gasteiger partial charge in [0.15, 0.2) is 0 Å². The molecule has 0 saturated heterocycles. The van der Waals surface area contributed by atoms with Gasteiger partial charge in [0, 0.05) is 0 Å². The molecule has 0 amide bonds. The first-order chi connectivity index (χ1) is 4.74.